The number of aliphatic hydroxyl groups excluding tert-OH is 2. The molecule has 3 rings (SSSR count). The third kappa shape index (κ3) is 26.0. The van der Waals surface area contributed by atoms with Crippen molar-refractivity contribution in [3.05, 3.63) is 48.0 Å². The fourth-order valence-corrected chi connectivity index (χ4v) is 9.72. The molecule has 1 fully saturated rings. The number of H-pyrrole nitrogens is 1. The van der Waals surface area contributed by atoms with Crippen LogP contribution in [0.1, 0.15) is 117 Å². The molecule has 520 valence electrons. The molecule has 1 aliphatic rings. The molecule has 0 radical (unpaired) electrons. The van der Waals surface area contributed by atoms with Crippen LogP contribution in [-0.2, 0) is 84.8 Å². The van der Waals surface area contributed by atoms with E-state index in [2.05, 4.69) is 52.5 Å². The second-order valence-corrected chi connectivity index (χ2v) is 23.5. The predicted molar refractivity (Wildman–Crippen MR) is 325 cm³/mol. The number of aromatic nitrogens is 2. The van der Waals surface area contributed by atoms with Gasteiger partial charge < -0.3 is 106 Å². The summed E-state index contributed by atoms with van der Waals surface area (Å²) in [6.45, 7) is 8.60. The van der Waals surface area contributed by atoms with Gasteiger partial charge in [0.15, 0.2) is 0 Å². The number of aliphatic hydroxyl groups is 2. The van der Waals surface area contributed by atoms with Crippen LogP contribution in [0.3, 0.4) is 0 Å². The number of carboxylic acid groups (broad SMARTS) is 3. The van der Waals surface area contributed by atoms with E-state index < -0.39 is 224 Å². The smallest absolute Gasteiger partial charge is 0.326 e. The summed E-state index contributed by atoms with van der Waals surface area (Å²) in [5.74, 6) is -18.4. The first-order chi connectivity index (χ1) is 44.0. The molecule has 0 saturated carbocycles. The van der Waals surface area contributed by atoms with Crippen molar-refractivity contribution in [1.29, 1.82) is 0 Å². The number of primary amides is 2. The van der Waals surface area contributed by atoms with Gasteiger partial charge in [0, 0.05) is 50.5 Å². The van der Waals surface area contributed by atoms with Gasteiger partial charge in [-0.15, -0.1) is 0 Å². The topological polar surface area (TPSA) is 596 Å². The number of nitrogens with zero attached hydrogens (tertiary/aromatic N) is 2. The molecule has 36 heteroatoms. The molecular formula is C58H87N15O21. The first-order valence-electron chi connectivity index (χ1n) is 30.1. The number of likely N-dealkylation sites (tertiary alicyclic amines) is 1. The average Bonchev–Trinajstić information content (AvgIpc) is 1.52. The zero-order valence-electron chi connectivity index (χ0n) is 52.8. The lowest BCUT2D eigenvalue weighted by Gasteiger charge is -2.31. The number of imidazole rings is 1. The number of phenolic OH excluding ortho intramolecular Hbond substituents is 1. The molecule has 2 aromatic rings. The quantitative estimate of drug-likeness (QED) is 0.0295. The van der Waals surface area contributed by atoms with E-state index in [1.54, 1.807) is 13.8 Å². The Morgan fingerprint density at radius 2 is 1.03 bits per heavy atom. The largest absolute Gasteiger partial charge is 0.508 e. The van der Waals surface area contributed by atoms with Crippen molar-refractivity contribution in [2.75, 3.05) is 6.54 Å². The van der Waals surface area contributed by atoms with Gasteiger partial charge in [-0.1, -0.05) is 39.8 Å². The van der Waals surface area contributed by atoms with E-state index in [-0.39, 0.29) is 43.7 Å². The molecular weight excluding hydrogens is 1240 g/mol. The van der Waals surface area contributed by atoms with Gasteiger partial charge in [-0.25, -0.2) is 9.78 Å². The number of nitrogens with two attached hydrogens (primary N) is 3. The molecule has 22 N–H and O–H groups in total. The van der Waals surface area contributed by atoms with Gasteiger partial charge in [0.25, 0.3) is 0 Å². The number of hydrogen-bond donors (Lipinski definition) is 19. The number of amides is 12. The molecule has 1 saturated heterocycles. The van der Waals surface area contributed by atoms with Crippen LogP contribution < -0.4 is 65.1 Å². The summed E-state index contributed by atoms with van der Waals surface area (Å²) in [6, 6.07) is -12.7. The number of aromatic hydroxyl groups is 1. The molecule has 0 aliphatic carbocycles. The molecule has 13 atom stereocenters. The predicted octanol–water partition coefficient (Wildman–Crippen LogP) is -6.00. The van der Waals surface area contributed by atoms with E-state index in [9.17, 15) is 92.3 Å². The van der Waals surface area contributed by atoms with Crippen molar-refractivity contribution in [3.8, 4) is 5.75 Å². The van der Waals surface area contributed by atoms with Gasteiger partial charge in [0.05, 0.1) is 31.0 Å². The zero-order valence-corrected chi connectivity index (χ0v) is 52.8. The third-order valence-corrected chi connectivity index (χ3v) is 14.8. The lowest BCUT2D eigenvalue weighted by Crippen LogP contribution is -2.63. The van der Waals surface area contributed by atoms with E-state index in [0.29, 0.717) is 12.0 Å². The molecule has 0 unspecified atom stereocenters. The van der Waals surface area contributed by atoms with Crippen LogP contribution in [0, 0.1) is 11.8 Å². The fourth-order valence-electron chi connectivity index (χ4n) is 9.72. The number of aliphatic carboxylic acids is 3. The summed E-state index contributed by atoms with van der Waals surface area (Å²) in [5, 5.41) is 80.9. The Bertz CT molecular complexity index is 3020. The van der Waals surface area contributed by atoms with Crippen LogP contribution in [0.15, 0.2) is 36.8 Å². The van der Waals surface area contributed by atoms with Crippen molar-refractivity contribution < 1.29 is 103 Å². The summed E-state index contributed by atoms with van der Waals surface area (Å²) in [7, 11) is 0. The van der Waals surface area contributed by atoms with Gasteiger partial charge >= 0.3 is 17.9 Å². The van der Waals surface area contributed by atoms with Crippen LogP contribution in [0.5, 0.6) is 5.75 Å². The van der Waals surface area contributed by atoms with Crippen molar-refractivity contribution in [2.45, 2.75) is 197 Å². The molecule has 1 aliphatic heterocycles. The standard InChI is InChI=1S/C58H87N15O21/c1-26(2)20-36(49(84)67-39(23-42(61)78)52(87)65-35(58(93)94)15-18-44(81)82)68-55(90)46(28(5)74)71-48(83)34(14-16-41(60)77)64-51(86)38(22-31-24-62-25-63-31)66-50(85)37(21-30-9-11-32(76)12-10-30)69-54(89)45(27(3)4)70-56(91)47(29(6)75)72-53(88)40-8-7-19-73(40)57(92)33(59)13-17-43(79)80/h9-12,24-29,33-40,45-47,74-76H,7-8,13-23,59H2,1-6H3,(H2,60,77)(H2,61,78)(H,62,63)(H,64,86)(H,65,87)(H,66,85)(H,67,84)(H,68,90)(H,69,89)(H,70,91)(H,71,83)(H,72,88)(H,79,80)(H,81,82)(H,93,94)/t28-,29-,33+,34+,35+,36+,37+,38+,39+,40+,45+,46+,47+/m1/s1. The monoisotopic (exact) mass is 1330 g/mol. The van der Waals surface area contributed by atoms with E-state index in [1.165, 1.54) is 57.6 Å². The Labute approximate surface area is 539 Å². The second kappa shape index (κ2) is 37.6. The average molecular weight is 1330 g/mol. The van der Waals surface area contributed by atoms with Crippen molar-refractivity contribution in [2.24, 2.45) is 29.0 Å². The Hall–Kier alpha value is -9.84. The number of phenols is 1. The van der Waals surface area contributed by atoms with Crippen LogP contribution in [0.4, 0.5) is 0 Å². The highest BCUT2D eigenvalue weighted by Gasteiger charge is 2.41. The number of aromatic amines is 1. The van der Waals surface area contributed by atoms with E-state index in [4.69, 9.17) is 27.4 Å². The minimum absolute atomic E-state index is 0.0863. The number of carboxylic acids is 3. The van der Waals surface area contributed by atoms with Crippen LogP contribution in [0.25, 0.3) is 0 Å². The number of carbonyl (C=O) groups excluding carboxylic acids is 12. The fraction of sp³-hybridized carbons (Fsp3) is 0.586. The maximum Gasteiger partial charge on any atom is 0.326 e. The minimum Gasteiger partial charge on any atom is -0.508 e. The SMILES string of the molecule is CC(C)C[C@H](NC(=O)[C@@H](NC(=O)[C@H](CCC(N)=O)NC(=O)[C@H](Cc1cnc[nH]1)NC(=O)[C@H](Cc1ccc(O)cc1)NC(=O)[C@@H](NC(=O)[C@@H](NC(=O)[C@@H]1CCCN1C(=O)[C@@H](N)CCC(=O)O)[C@@H](C)O)C(C)C)[C@@H](C)O)C(=O)N[C@@H](CC(N)=O)C(=O)N[C@@H](CCC(=O)O)C(=O)O. The number of nitrogens with one attached hydrogen (secondary N) is 10. The summed E-state index contributed by atoms with van der Waals surface area (Å²) in [4.78, 5) is 206. The summed E-state index contributed by atoms with van der Waals surface area (Å²) < 4.78 is 0. The molecule has 36 nitrogen and oxygen atoms in total. The van der Waals surface area contributed by atoms with Crippen LogP contribution in [0.2, 0.25) is 0 Å². The third-order valence-electron chi connectivity index (χ3n) is 14.8. The lowest BCUT2D eigenvalue weighted by atomic mass is 9.99. The summed E-state index contributed by atoms with van der Waals surface area (Å²) >= 11 is 0. The normalized spacial score (nSPS) is 16.7. The Morgan fingerprint density at radius 3 is 1.56 bits per heavy atom. The second-order valence-electron chi connectivity index (χ2n) is 23.5. The molecule has 12 amide bonds. The van der Waals surface area contributed by atoms with Gasteiger partial charge in [-0.3, -0.25) is 67.1 Å². The lowest BCUT2D eigenvalue weighted by molar-refractivity contribution is -0.144. The Balaban J connectivity index is 1.95. The van der Waals surface area contributed by atoms with Gasteiger partial charge in [-0.2, -0.15) is 0 Å². The highest BCUT2D eigenvalue weighted by Crippen LogP contribution is 2.21. The molecule has 1 aromatic heterocycles. The van der Waals surface area contributed by atoms with Crippen LogP contribution >= 0.6 is 0 Å². The maximum atomic E-state index is 14.7. The molecule has 0 bridgehead atoms. The first-order valence-corrected chi connectivity index (χ1v) is 30.1. The number of hydrogen-bond acceptors (Lipinski definition) is 20. The van der Waals surface area contributed by atoms with E-state index in [0.717, 1.165) is 11.8 Å². The highest BCUT2D eigenvalue weighted by atomic mass is 16.4. The Kier molecular flexibility index (Phi) is 31.4. The highest BCUT2D eigenvalue weighted by molar-refractivity contribution is 6.00. The van der Waals surface area contributed by atoms with E-state index >= 15 is 0 Å². The van der Waals surface area contributed by atoms with Gasteiger partial charge in [0.2, 0.25) is 70.9 Å². The summed E-state index contributed by atoms with van der Waals surface area (Å²) in [5.41, 5.74) is 17.3. The zero-order chi connectivity index (χ0) is 70.8. The minimum atomic E-state index is -1.97. The summed E-state index contributed by atoms with van der Waals surface area (Å²) in [6.07, 6.45) is -5.33. The number of benzene rings is 1. The first kappa shape index (κ1) is 78.4. The van der Waals surface area contributed by atoms with Crippen molar-refractivity contribution in [1.82, 2.24) is 62.7 Å². The number of carbonyl (C=O) groups is 15. The maximum absolute atomic E-state index is 14.7. The van der Waals surface area contributed by atoms with Gasteiger partial charge in [-0.05, 0) is 81.9 Å². The van der Waals surface area contributed by atoms with E-state index in [1.807, 2.05) is 5.32 Å². The molecule has 1 aromatic carbocycles. The Morgan fingerprint density at radius 1 is 0.564 bits per heavy atom. The molecule has 0 spiro atoms. The van der Waals surface area contributed by atoms with Gasteiger partial charge in [0.1, 0.15) is 66.2 Å². The van der Waals surface area contributed by atoms with Crippen LogP contribution in [-0.4, -0.2) is 220 Å². The van der Waals surface area contributed by atoms with Crippen molar-refractivity contribution >= 4 is 88.8 Å². The molecule has 94 heavy (non-hydrogen) atoms. The number of rotatable bonds is 40. The molecule has 2 heterocycles. The van der Waals surface area contributed by atoms with Crippen molar-refractivity contribution in [3.63, 3.8) is 0 Å².